The van der Waals surface area contributed by atoms with Crippen molar-refractivity contribution in [1.82, 2.24) is 4.90 Å². The van der Waals surface area contributed by atoms with Crippen LogP contribution in [-0.2, 0) is 9.59 Å². The predicted molar refractivity (Wildman–Crippen MR) is 116 cm³/mol. The molecule has 0 saturated carbocycles. The molecule has 30 heavy (non-hydrogen) atoms. The van der Waals surface area contributed by atoms with E-state index in [0.717, 1.165) is 23.1 Å². The fourth-order valence-corrected chi connectivity index (χ4v) is 4.01. The van der Waals surface area contributed by atoms with Gasteiger partial charge in [-0.3, -0.25) is 9.59 Å². The molecule has 0 aromatic heterocycles. The highest BCUT2D eigenvalue weighted by atomic mass is 79.9. The van der Waals surface area contributed by atoms with Crippen molar-refractivity contribution < 1.29 is 24.0 Å². The Hall–Kier alpha value is -2.51. The molecule has 0 bridgehead atoms. The SMILES string of the molecule is CC[NH+](CC)CCN1C(=O)C(=O)C(=C(O)c2ccc(F)cc2)C1c1ccc(Br)cc1. The number of nitrogens with zero attached hydrogens (tertiary/aromatic N) is 1. The number of aliphatic hydroxyl groups excluding tert-OH is 1. The molecule has 7 heteroatoms. The summed E-state index contributed by atoms with van der Waals surface area (Å²) in [6, 6.07) is 11.9. The van der Waals surface area contributed by atoms with Crippen LogP contribution in [0.3, 0.4) is 0 Å². The molecule has 1 atom stereocenters. The second-order valence-electron chi connectivity index (χ2n) is 7.26. The first-order valence-corrected chi connectivity index (χ1v) is 10.8. The maximum absolute atomic E-state index is 13.3. The highest BCUT2D eigenvalue weighted by Gasteiger charge is 2.46. The Labute approximate surface area is 183 Å². The molecule has 1 aliphatic heterocycles. The maximum atomic E-state index is 13.3. The molecule has 1 saturated heterocycles. The Morgan fingerprint density at radius 1 is 1.07 bits per heavy atom. The summed E-state index contributed by atoms with van der Waals surface area (Å²) in [7, 11) is 0. The number of Topliss-reactive ketones (excluding diaryl/α,β-unsaturated/α-hetero) is 1. The van der Waals surface area contributed by atoms with Gasteiger partial charge in [0.1, 0.15) is 11.6 Å². The molecule has 3 rings (SSSR count). The van der Waals surface area contributed by atoms with E-state index in [0.29, 0.717) is 18.7 Å². The van der Waals surface area contributed by atoms with Gasteiger partial charge in [-0.1, -0.05) is 28.1 Å². The number of ketones is 1. The number of rotatable bonds is 7. The number of nitrogens with one attached hydrogen (secondary N) is 1. The van der Waals surface area contributed by atoms with Crippen LogP contribution in [-0.4, -0.2) is 47.9 Å². The van der Waals surface area contributed by atoms with Gasteiger partial charge in [-0.15, -0.1) is 0 Å². The van der Waals surface area contributed by atoms with E-state index in [9.17, 15) is 19.1 Å². The topological polar surface area (TPSA) is 62.0 Å². The zero-order chi connectivity index (χ0) is 21.8. The average molecular weight is 476 g/mol. The van der Waals surface area contributed by atoms with Crippen molar-refractivity contribution in [2.24, 2.45) is 0 Å². The fraction of sp³-hybridized carbons (Fsp3) is 0.304. The minimum atomic E-state index is -0.723. The summed E-state index contributed by atoms with van der Waals surface area (Å²) in [5.41, 5.74) is 1.06. The van der Waals surface area contributed by atoms with E-state index in [1.807, 2.05) is 24.3 Å². The molecule has 0 spiro atoms. The molecule has 2 aromatic carbocycles. The van der Waals surface area contributed by atoms with Crippen molar-refractivity contribution in [3.63, 3.8) is 0 Å². The zero-order valence-corrected chi connectivity index (χ0v) is 18.6. The number of hydrogen-bond acceptors (Lipinski definition) is 3. The summed E-state index contributed by atoms with van der Waals surface area (Å²) in [5, 5.41) is 10.9. The summed E-state index contributed by atoms with van der Waals surface area (Å²) >= 11 is 3.40. The summed E-state index contributed by atoms with van der Waals surface area (Å²) in [6.07, 6.45) is 0. The molecule has 5 nitrogen and oxygen atoms in total. The number of likely N-dealkylation sites (N-methyl/N-ethyl adjacent to an activating group) is 1. The van der Waals surface area contributed by atoms with E-state index in [2.05, 4.69) is 29.8 Å². The molecule has 1 unspecified atom stereocenters. The number of halogens is 2. The predicted octanol–water partition coefficient (Wildman–Crippen LogP) is 2.93. The highest BCUT2D eigenvalue weighted by Crippen LogP contribution is 2.39. The van der Waals surface area contributed by atoms with Crippen molar-refractivity contribution in [3.05, 3.63) is 75.5 Å². The van der Waals surface area contributed by atoms with Gasteiger partial charge < -0.3 is 14.9 Å². The number of quaternary nitrogens is 1. The lowest BCUT2D eigenvalue weighted by Gasteiger charge is -2.27. The van der Waals surface area contributed by atoms with Gasteiger partial charge in [-0.05, 0) is 55.8 Å². The van der Waals surface area contributed by atoms with Crippen LogP contribution >= 0.6 is 15.9 Å². The van der Waals surface area contributed by atoms with E-state index < -0.39 is 23.5 Å². The van der Waals surface area contributed by atoms with Gasteiger partial charge >= 0.3 is 0 Å². The number of amides is 1. The van der Waals surface area contributed by atoms with Gasteiger partial charge in [0.2, 0.25) is 0 Å². The normalized spacial score (nSPS) is 18.4. The molecule has 0 radical (unpaired) electrons. The second-order valence-corrected chi connectivity index (χ2v) is 8.17. The number of hydrogen-bond donors (Lipinski definition) is 2. The lowest BCUT2D eigenvalue weighted by Crippen LogP contribution is -3.12. The van der Waals surface area contributed by atoms with E-state index >= 15 is 0 Å². The number of carbonyl (C=O) groups is 2. The lowest BCUT2D eigenvalue weighted by molar-refractivity contribution is -0.895. The molecule has 1 fully saturated rings. The molecule has 2 aromatic rings. The minimum absolute atomic E-state index is 0.0310. The summed E-state index contributed by atoms with van der Waals surface area (Å²) in [6.45, 7) is 7.07. The van der Waals surface area contributed by atoms with Gasteiger partial charge in [0.25, 0.3) is 11.7 Å². The smallest absolute Gasteiger partial charge is 0.295 e. The average Bonchev–Trinajstić information content (AvgIpc) is 3.00. The van der Waals surface area contributed by atoms with E-state index in [-0.39, 0.29) is 11.3 Å². The molecule has 158 valence electrons. The van der Waals surface area contributed by atoms with Crippen LogP contribution in [0.25, 0.3) is 5.76 Å². The molecule has 2 N–H and O–H groups in total. The van der Waals surface area contributed by atoms with Crippen LogP contribution in [0.2, 0.25) is 0 Å². The third-order valence-electron chi connectivity index (χ3n) is 5.55. The van der Waals surface area contributed by atoms with Gasteiger partial charge in [0.15, 0.2) is 0 Å². The monoisotopic (exact) mass is 475 g/mol. The van der Waals surface area contributed by atoms with Crippen LogP contribution < -0.4 is 4.90 Å². The fourth-order valence-electron chi connectivity index (χ4n) is 3.75. The third kappa shape index (κ3) is 4.47. The summed E-state index contributed by atoms with van der Waals surface area (Å²) < 4.78 is 14.2. The first-order valence-electron chi connectivity index (χ1n) is 10.0. The molecule has 0 aliphatic carbocycles. The lowest BCUT2D eigenvalue weighted by atomic mass is 9.95. The number of carbonyl (C=O) groups excluding carboxylic acids is 2. The first-order chi connectivity index (χ1) is 14.4. The van der Waals surface area contributed by atoms with Crippen molar-refractivity contribution in [2.75, 3.05) is 26.2 Å². The Balaban J connectivity index is 2.08. The summed E-state index contributed by atoms with van der Waals surface area (Å²) in [5.74, 6) is -2.09. The van der Waals surface area contributed by atoms with Crippen molar-refractivity contribution in [1.29, 1.82) is 0 Å². The standard InChI is InChI=1S/C23H24BrFN2O3/c1-3-26(4-2)13-14-27-20(15-5-9-17(24)10-6-15)19(22(29)23(27)30)21(28)16-7-11-18(25)12-8-16/h5-12,20,28H,3-4,13-14H2,1-2H3/p+1. The van der Waals surface area contributed by atoms with Crippen LogP contribution in [0, 0.1) is 5.82 Å². The van der Waals surface area contributed by atoms with Gasteiger partial charge in [0.05, 0.1) is 37.8 Å². The molecular formula is C23H25BrFN2O3+. The van der Waals surface area contributed by atoms with Crippen LogP contribution in [0.4, 0.5) is 4.39 Å². The van der Waals surface area contributed by atoms with Crippen molar-refractivity contribution in [3.8, 4) is 0 Å². The van der Waals surface area contributed by atoms with E-state index in [4.69, 9.17) is 0 Å². The van der Waals surface area contributed by atoms with E-state index in [1.165, 1.54) is 34.1 Å². The largest absolute Gasteiger partial charge is 0.507 e. The minimum Gasteiger partial charge on any atom is -0.507 e. The zero-order valence-electron chi connectivity index (χ0n) is 17.0. The number of aliphatic hydroxyl groups is 1. The van der Waals surface area contributed by atoms with Crippen LogP contribution in [0.15, 0.2) is 58.6 Å². The number of benzene rings is 2. The van der Waals surface area contributed by atoms with Crippen molar-refractivity contribution in [2.45, 2.75) is 19.9 Å². The van der Waals surface area contributed by atoms with Gasteiger partial charge in [-0.25, -0.2) is 4.39 Å². The quantitative estimate of drug-likeness (QED) is 0.367. The van der Waals surface area contributed by atoms with Crippen LogP contribution in [0.5, 0.6) is 0 Å². The molecular weight excluding hydrogens is 451 g/mol. The third-order valence-corrected chi connectivity index (χ3v) is 6.08. The number of likely N-dealkylation sites (tertiary alicyclic amines) is 1. The Bertz CT molecular complexity index is 953. The van der Waals surface area contributed by atoms with Crippen LogP contribution in [0.1, 0.15) is 31.0 Å². The Morgan fingerprint density at radius 3 is 2.23 bits per heavy atom. The molecule has 1 heterocycles. The van der Waals surface area contributed by atoms with Gasteiger partial charge in [-0.2, -0.15) is 0 Å². The summed E-state index contributed by atoms with van der Waals surface area (Å²) in [4.78, 5) is 28.7. The van der Waals surface area contributed by atoms with Gasteiger partial charge in [0, 0.05) is 10.0 Å². The van der Waals surface area contributed by atoms with Crippen molar-refractivity contribution >= 4 is 33.4 Å². The highest BCUT2D eigenvalue weighted by molar-refractivity contribution is 9.10. The van der Waals surface area contributed by atoms with E-state index in [1.54, 1.807) is 0 Å². The first kappa shape index (κ1) is 22.2. The Kier molecular flexibility index (Phi) is 7.05. The Morgan fingerprint density at radius 2 is 1.67 bits per heavy atom. The molecule has 1 amide bonds. The maximum Gasteiger partial charge on any atom is 0.295 e. The molecule has 1 aliphatic rings. The second kappa shape index (κ2) is 9.53.